The first-order chi connectivity index (χ1) is 9.78. The van der Waals surface area contributed by atoms with E-state index in [0.29, 0.717) is 5.75 Å². The standard InChI is InChI=1S/C15H21NO5/c1-10-5-6-12(7-11(10)2)21-8-13(17)16-15(3,9-20-4)14(18)19/h5-7H,8-9H2,1-4H3,(H,16,17)(H,18,19). The zero-order chi connectivity index (χ0) is 16.0. The molecule has 1 atom stereocenters. The minimum Gasteiger partial charge on any atom is -0.484 e. The predicted octanol–water partition coefficient (Wildman–Crippen LogP) is 1.29. The van der Waals surface area contributed by atoms with E-state index in [0.717, 1.165) is 11.1 Å². The zero-order valence-electron chi connectivity index (χ0n) is 12.7. The lowest BCUT2D eigenvalue weighted by Gasteiger charge is -2.25. The molecule has 0 fully saturated rings. The number of benzene rings is 1. The summed E-state index contributed by atoms with van der Waals surface area (Å²) < 4.78 is 10.2. The van der Waals surface area contributed by atoms with Crippen LogP contribution in [0.2, 0.25) is 0 Å². The van der Waals surface area contributed by atoms with Gasteiger partial charge in [-0.15, -0.1) is 0 Å². The number of nitrogens with one attached hydrogen (secondary N) is 1. The van der Waals surface area contributed by atoms with Crippen LogP contribution >= 0.6 is 0 Å². The summed E-state index contributed by atoms with van der Waals surface area (Å²) in [7, 11) is 1.37. The fraction of sp³-hybridized carbons (Fsp3) is 0.467. The number of ether oxygens (including phenoxy) is 2. The van der Waals surface area contributed by atoms with Crippen molar-refractivity contribution in [2.45, 2.75) is 26.3 Å². The van der Waals surface area contributed by atoms with Crippen LogP contribution in [0.15, 0.2) is 18.2 Å². The first-order valence-corrected chi connectivity index (χ1v) is 6.52. The maximum atomic E-state index is 11.8. The maximum absolute atomic E-state index is 11.8. The number of carboxylic acids is 1. The first-order valence-electron chi connectivity index (χ1n) is 6.52. The summed E-state index contributed by atoms with van der Waals surface area (Å²) in [5.74, 6) is -1.11. The molecule has 0 heterocycles. The smallest absolute Gasteiger partial charge is 0.331 e. The van der Waals surface area contributed by atoms with E-state index in [1.165, 1.54) is 14.0 Å². The quantitative estimate of drug-likeness (QED) is 0.791. The lowest BCUT2D eigenvalue weighted by Crippen LogP contribution is -2.56. The van der Waals surface area contributed by atoms with E-state index in [2.05, 4.69) is 5.32 Å². The highest BCUT2D eigenvalue weighted by Crippen LogP contribution is 2.16. The van der Waals surface area contributed by atoms with Gasteiger partial charge in [0.25, 0.3) is 5.91 Å². The predicted molar refractivity (Wildman–Crippen MR) is 77.5 cm³/mol. The summed E-state index contributed by atoms with van der Waals surface area (Å²) in [5.41, 5.74) is 0.714. The van der Waals surface area contributed by atoms with Gasteiger partial charge in [0.1, 0.15) is 5.75 Å². The first kappa shape index (κ1) is 17.0. The lowest BCUT2D eigenvalue weighted by molar-refractivity contribution is -0.149. The number of hydrogen-bond acceptors (Lipinski definition) is 4. The molecule has 0 aromatic heterocycles. The monoisotopic (exact) mass is 295 g/mol. The molecule has 6 nitrogen and oxygen atoms in total. The second-order valence-electron chi connectivity index (χ2n) is 5.15. The minimum absolute atomic E-state index is 0.127. The highest BCUT2D eigenvalue weighted by molar-refractivity contribution is 5.87. The van der Waals surface area contributed by atoms with Gasteiger partial charge in [0.05, 0.1) is 6.61 Å². The number of carboxylic acid groups (broad SMARTS) is 1. The van der Waals surface area contributed by atoms with Gasteiger partial charge < -0.3 is 19.9 Å². The van der Waals surface area contributed by atoms with Gasteiger partial charge in [-0.25, -0.2) is 4.79 Å². The summed E-state index contributed by atoms with van der Waals surface area (Å²) in [6.45, 7) is 4.93. The highest BCUT2D eigenvalue weighted by Gasteiger charge is 2.35. The van der Waals surface area contributed by atoms with Crippen molar-refractivity contribution >= 4 is 11.9 Å². The molecule has 1 rings (SSSR count). The van der Waals surface area contributed by atoms with Gasteiger partial charge >= 0.3 is 5.97 Å². The molecule has 1 aromatic carbocycles. The molecule has 0 aliphatic heterocycles. The van der Waals surface area contributed by atoms with Gasteiger partial charge in [-0.1, -0.05) is 6.07 Å². The average molecular weight is 295 g/mol. The Morgan fingerprint density at radius 2 is 1.95 bits per heavy atom. The number of methoxy groups -OCH3 is 1. The molecule has 0 saturated carbocycles. The molecule has 0 radical (unpaired) electrons. The van der Waals surface area contributed by atoms with Crippen molar-refractivity contribution in [1.82, 2.24) is 5.32 Å². The van der Waals surface area contributed by atoms with E-state index in [-0.39, 0.29) is 13.2 Å². The molecule has 1 unspecified atom stereocenters. The van der Waals surface area contributed by atoms with Gasteiger partial charge in [-0.3, -0.25) is 4.79 Å². The Kier molecular flexibility index (Phi) is 5.72. The molecule has 116 valence electrons. The molecular formula is C15H21NO5. The molecule has 21 heavy (non-hydrogen) atoms. The zero-order valence-corrected chi connectivity index (χ0v) is 12.7. The molecule has 2 N–H and O–H groups in total. The number of aliphatic carboxylic acids is 1. The Morgan fingerprint density at radius 3 is 2.48 bits per heavy atom. The number of carbonyl (C=O) groups excluding carboxylic acids is 1. The van der Waals surface area contributed by atoms with E-state index in [9.17, 15) is 9.59 Å². The third kappa shape index (κ3) is 4.75. The van der Waals surface area contributed by atoms with E-state index in [1.807, 2.05) is 26.0 Å². The molecule has 1 aromatic rings. The van der Waals surface area contributed by atoms with Crippen molar-refractivity contribution in [1.29, 1.82) is 0 Å². The summed E-state index contributed by atoms with van der Waals surface area (Å²) >= 11 is 0. The summed E-state index contributed by atoms with van der Waals surface area (Å²) in [6.07, 6.45) is 0. The van der Waals surface area contributed by atoms with Crippen LogP contribution < -0.4 is 10.1 Å². The largest absolute Gasteiger partial charge is 0.484 e. The van der Waals surface area contributed by atoms with Crippen LogP contribution in [0.25, 0.3) is 0 Å². The van der Waals surface area contributed by atoms with Crippen LogP contribution in [0.3, 0.4) is 0 Å². The Labute approximate surface area is 124 Å². The van der Waals surface area contributed by atoms with Crippen molar-refractivity contribution in [2.24, 2.45) is 0 Å². The van der Waals surface area contributed by atoms with Crippen molar-refractivity contribution in [3.8, 4) is 5.75 Å². The third-order valence-corrected chi connectivity index (χ3v) is 3.17. The van der Waals surface area contributed by atoms with E-state index < -0.39 is 17.4 Å². The van der Waals surface area contributed by atoms with Crippen molar-refractivity contribution in [2.75, 3.05) is 20.3 Å². The molecule has 0 aliphatic carbocycles. The lowest BCUT2D eigenvalue weighted by atomic mass is 10.0. The summed E-state index contributed by atoms with van der Waals surface area (Å²) in [5, 5.41) is 11.5. The summed E-state index contributed by atoms with van der Waals surface area (Å²) in [6, 6.07) is 5.49. The normalized spacial score (nSPS) is 13.3. The number of carbonyl (C=O) groups is 2. The number of hydrogen-bond donors (Lipinski definition) is 2. The van der Waals surface area contributed by atoms with Crippen molar-refractivity contribution in [3.05, 3.63) is 29.3 Å². The van der Waals surface area contributed by atoms with E-state index >= 15 is 0 Å². The van der Waals surface area contributed by atoms with Gasteiger partial charge in [-0.2, -0.15) is 0 Å². The highest BCUT2D eigenvalue weighted by atomic mass is 16.5. The van der Waals surface area contributed by atoms with Crippen LogP contribution in [0.4, 0.5) is 0 Å². The van der Waals surface area contributed by atoms with Crippen LogP contribution in [-0.2, 0) is 14.3 Å². The topological polar surface area (TPSA) is 84.9 Å². The Bertz CT molecular complexity index is 529. The molecule has 1 amide bonds. The average Bonchev–Trinajstić information content (AvgIpc) is 2.40. The van der Waals surface area contributed by atoms with Gasteiger partial charge in [-0.05, 0) is 44.0 Å². The molecule has 6 heteroatoms. The Balaban J connectivity index is 2.60. The van der Waals surface area contributed by atoms with Crippen molar-refractivity contribution in [3.63, 3.8) is 0 Å². The fourth-order valence-corrected chi connectivity index (χ4v) is 1.74. The number of rotatable bonds is 7. The molecule has 0 aliphatic rings. The molecular weight excluding hydrogens is 274 g/mol. The van der Waals surface area contributed by atoms with E-state index in [1.54, 1.807) is 6.07 Å². The van der Waals surface area contributed by atoms with Crippen LogP contribution in [0.5, 0.6) is 5.75 Å². The summed E-state index contributed by atoms with van der Waals surface area (Å²) in [4.78, 5) is 23.0. The Morgan fingerprint density at radius 1 is 1.29 bits per heavy atom. The van der Waals surface area contributed by atoms with Gasteiger partial charge in [0, 0.05) is 7.11 Å². The van der Waals surface area contributed by atoms with Crippen LogP contribution in [-0.4, -0.2) is 42.8 Å². The van der Waals surface area contributed by atoms with E-state index in [4.69, 9.17) is 14.6 Å². The second-order valence-corrected chi connectivity index (χ2v) is 5.15. The maximum Gasteiger partial charge on any atom is 0.331 e. The molecule has 0 spiro atoms. The molecule has 0 saturated heterocycles. The number of aryl methyl sites for hydroxylation is 2. The number of amides is 1. The third-order valence-electron chi connectivity index (χ3n) is 3.17. The molecule has 0 bridgehead atoms. The van der Waals surface area contributed by atoms with Crippen molar-refractivity contribution < 1.29 is 24.2 Å². The Hall–Kier alpha value is -2.08. The van der Waals surface area contributed by atoms with Crippen LogP contribution in [0, 0.1) is 13.8 Å². The minimum atomic E-state index is -1.47. The van der Waals surface area contributed by atoms with Gasteiger partial charge in [0.15, 0.2) is 12.1 Å². The fourth-order valence-electron chi connectivity index (χ4n) is 1.74. The second kappa shape index (κ2) is 7.08. The van der Waals surface area contributed by atoms with Gasteiger partial charge in [0.2, 0.25) is 0 Å². The SMILES string of the molecule is COCC(C)(NC(=O)COc1ccc(C)c(C)c1)C(=O)O. The van der Waals surface area contributed by atoms with Crippen LogP contribution in [0.1, 0.15) is 18.1 Å².